The van der Waals surface area contributed by atoms with Crippen molar-refractivity contribution in [3.63, 3.8) is 0 Å². The molecule has 1 unspecified atom stereocenters. The highest BCUT2D eigenvalue weighted by Crippen LogP contribution is 2.50. The lowest BCUT2D eigenvalue weighted by molar-refractivity contribution is 0.122. The molecule has 2 atom stereocenters. The summed E-state index contributed by atoms with van der Waals surface area (Å²) in [5.41, 5.74) is 1.44. The fraction of sp³-hybridized carbons (Fsp3) is 0.370. The van der Waals surface area contributed by atoms with Crippen LogP contribution in [0.2, 0.25) is 0 Å². The standard InChI is InChI=1S/C54H62F2N6O4/c1-63-45-15-11-13-43(37-45)53(51-21-7-9-27-57-51,59-39-41-23-29-61(30-24-41)33-35-65-49-19-5-3-17-47(49)55)54(52-22-8-10-28-58-52,44-14-12-16-46(38-44)64-2)60-40-42-25-31-62(32-26-42)34-36-66-50-20-6-4-18-48(50)56/h3-22,27-28,37-38,41-42,59-60H,23-26,29-36,39-40H2,1-2H3/t53-,54?/m0/s1. The van der Waals surface area contributed by atoms with Crippen molar-refractivity contribution in [3.8, 4) is 23.0 Å². The molecule has 2 N–H and O–H groups in total. The summed E-state index contributed by atoms with van der Waals surface area (Å²) >= 11 is 0. The average molecular weight is 897 g/mol. The first-order valence-corrected chi connectivity index (χ1v) is 23.2. The number of hydrogen-bond acceptors (Lipinski definition) is 10. The molecule has 8 rings (SSSR count). The van der Waals surface area contributed by atoms with Gasteiger partial charge in [0.05, 0.1) is 25.6 Å². The quantitative estimate of drug-likeness (QED) is 0.0732. The largest absolute Gasteiger partial charge is 0.497 e. The number of pyridine rings is 2. The third-order valence-electron chi connectivity index (χ3n) is 13.4. The Kier molecular flexibility index (Phi) is 15.9. The predicted octanol–water partition coefficient (Wildman–Crippen LogP) is 8.72. The monoisotopic (exact) mass is 896 g/mol. The lowest BCUT2D eigenvalue weighted by Gasteiger charge is -2.53. The molecule has 2 aromatic heterocycles. The molecule has 2 aliphatic heterocycles. The molecule has 2 fully saturated rings. The van der Waals surface area contributed by atoms with Crippen LogP contribution < -0.4 is 29.6 Å². The Bertz CT molecular complexity index is 2250. The number of halogens is 2. The molecule has 0 bridgehead atoms. The van der Waals surface area contributed by atoms with E-state index in [0.717, 1.165) is 99.0 Å². The number of piperidine rings is 2. The van der Waals surface area contributed by atoms with Crippen LogP contribution in [0, 0.1) is 23.5 Å². The Balaban J connectivity index is 1.13. The number of rotatable bonds is 21. The van der Waals surface area contributed by atoms with Crippen molar-refractivity contribution in [1.82, 2.24) is 30.4 Å². The van der Waals surface area contributed by atoms with E-state index < -0.39 is 11.1 Å². The van der Waals surface area contributed by atoms with Crippen LogP contribution in [0.5, 0.6) is 23.0 Å². The maximum absolute atomic E-state index is 14.3. The Hall–Kier alpha value is -5.92. The Morgan fingerprint density at radius 1 is 0.530 bits per heavy atom. The molecule has 0 saturated carbocycles. The lowest BCUT2D eigenvalue weighted by Crippen LogP contribution is -2.68. The van der Waals surface area contributed by atoms with E-state index in [9.17, 15) is 8.78 Å². The van der Waals surface area contributed by atoms with Gasteiger partial charge in [0.2, 0.25) is 0 Å². The third-order valence-corrected chi connectivity index (χ3v) is 13.4. The summed E-state index contributed by atoms with van der Waals surface area (Å²) in [5.74, 6) is 2.02. The van der Waals surface area contributed by atoms with Crippen LogP contribution in [0.15, 0.2) is 146 Å². The molecular weight excluding hydrogens is 835 g/mol. The van der Waals surface area contributed by atoms with Gasteiger partial charge in [0.15, 0.2) is 23.1 Å². The summed E-state index contributed by atoms with van der Waals surface area (Å²) in [6, 6.07) is 42.1. The molecule has 10 nitrogen and oxygen atoms in total. The fourth-order valence-electron chi connectivity index (χ4n) is 9.76. The van der Waals surface area contributed by atoms with Gasteiger partial charge in [-0.15, -0.1) is 0 Å². The van der Waals surface area contributed by atoms with Gasteiger partial charge in [0.25, 0.3) is 0 Å². The first kappa shape index (κ1) is 46.6. The van der Waals surface area contributed by atoms with Gasteiger partial charge < -0.3 is 18.9 Å². The zero-order valence-corrected chi connectivity index (χ0v) is 38.1. The van der Waals surface area contributed by atoms with Crippen LogP contribution in [0.3, 0.4) is 0 Å². The number of aromatic nitrogens is 2. The molecule has 2 saturated heterocycles. The molecule has 0 amide bonds. The van der Waals surface area contributed by atoms with Crippen LogP contribution in [-0.4, -0.2) is 99.6 Å². The summed E-state index contributed by atoms with van der Waals surface area (Å²) in [4.78, 5) is 15.3. The van der Waals surface area contributed by atoms with E-state index in [4.69, 9.17) is 28.9 Å². The Morgan fingerprint density at radius 3 is 1.32 bits per heavy atom. The van der Waals surface area contributed by atoms with Crippen LogP contribution in [-0.2, 0) is 11.1 Å². The van der Waals surface area contributed by atoms with Crippen molar-refractivity contribution in [1.29, 1.82) is 0 Å². The van der Waals surface area contributed by atoms with Gasteiger partial charge in [0, 0.05) is 25.5 Å². The maximum Gasteiger partial charge on any atom is 0.165 e. The van der Waals surface area contributed by atoms with Crippen LogP contribution in [0.1, 0.15) is 48.2 Å². The molecule has 66 heavy (non-hydrogen) atoms. The fourth-order valence-corrected chi connectivity index (χ4v) is 9.76. The number of benzene rings is 4. The maximum atomic E-state index is 14.3. The number of para-hydroxylation sites is 2. The van der Waals surface area contributed by atoms with Gasteiger partial charge in [-0.05, 0) is 161 Å². The highest BCUT2D eigenvalue weighted by molar-refractivity contribution is 5.54. The summed E-state index contributed by atoms with van der Waals surface area (Å²) in [6.07, 6.45) is 7.61. The van der Waals surface area contributed by atoms with E-state index in [1.165, 1.54) is 12.1 Å². The highest BCUT2D eigenvalue weighted by atomic mass is 19.1. The molecule has 0 aliphatic carbocycles. The second kappa shape index (κ2) is 22.5. The molecule has 2 aliphatic rings. The van der Waals surface area contributed by atoms with Gasteiger partial charge >= 0.3 is 0 Å². The minimum atomic E-state index is -1.07. The Morgan fingerprint density at radius 2 is 0.939 bits per heavy atom. The predicted molar refractivity (Wildman–Crippen MR) is 254 cm³/mol. The highest BCUT2D eigenvalue weighted by Gasteiger charge is 2.58. The van der Waals surface area contributed by atoms with Crippen molar-refractivity contribution in [2.24, 2.45) is 11.8 Å². The molecule has 346 valence electrons. The number of likely N-dealkylation sites (tertiary alicyclic amines) is 2. The van der Waals surface area contributed by atoms with Crippen LogP contribution in [0.25, 0.3) is 0 Å². The van der Waals surface area contributed by atoms with Crippen molar-refractivity contribution in [2.45, 2.75) is 36.8 Å². The van der Waals surface area contributed by atoms with E-state index in [1.807, 2.05) is 36.7 Å². The van der Waals surface area contributed by atoms with Gasteiger partial charge in [-0.25, -0.2) is 8.78 Å². The summed E-state index contributed by atoms with van der Waals surface area (Å²) in [7, 11) is 3.41. The molecular formula is C54H62F2N6O4. The third kappa shape index (κ3) is 10.7. The van der Waals surface area contributed by atoms with Gasteiger partial charge in [0.1, 0.15) is 35.8 Å². The van der Waals surface area contributed by atoms with Crippen molar-refractivity contribution in [2.75, 3.05) is 79.8 Å². The number of nitrogens with zero attached hydrogens (tertiary/aromatic N) is 4. The minimum absolute atomic E-state index is 0.287. The van der Waals surface area contributed by atoms with Crippen LogP contribution in [0.4, 0.5) is 8.78 Å². The first-order chi connectivity index (χ1) is 32.4. The molecule has 0 spiro atoms. The van der Waals surface area contributed by atoms with Crippen molar-refractivity contribution in [3.05, 3.63) is 180 Å². The van der Waals surface area contributed by atoms with Crippen molar-refractivity contribution < 1.29 is 27.7 Å². The summed E-state index contributed by atoms with van der Waals surface area (Å²) in [5, 5.41) is 8.58. The number of ether oxygens (including phenoxy) is 4. The number of methoxy groups -OCH3 is 2. The number of hydrogen-bond donors (Lipinski definition) is 2. The second-order valence-electron chi connectivity index (χ2n) is 17.3. The molecule has 12 heteroatoms. The summed E-state index contributed by atoms with van der Waals surface area (Å²) < 4.78 is 52.2. The smallest absolute Gasteiger partial charge is 0.165 e. The van der Waals surface area contributed by atoms with E-state index in [-0.39, 0.29) is 23.1 Å². The normalized spacial score (nSPS) is 17.1. The molecule has 4 heterocycles. The van der Waals surface area contributed by atoms with E-state index in [0.29, 0.717) is 38.1 Å². The van der Waals surface area contributed by atoms with E-state index in [2.05, 4.69) is 81.1 Å². The topological polar surface area (TPSA) is 93.2 Å². The zero-order chi connectivity index (χ0) is 45.6. The average Bonchev–Trinajstić information content (AvgIpc) is 3.37. The number of nitrogens with one attached hydrogen (secondary N) is 2. The van der Waals surface area contributed by atoms with Crippen LogP contribution >= 0.6 is 0 Å². The minimum Gasteiger partial charge on any atom is -0.497 e. The lowest BCUT2D eigenvalue weighted by atomic mass is 9.63. The Labute approximate surface area is 388 Å². The van der Waals surface area contributed by atoms with Gasteiger partial charge in [-0.3, -0.25) is 30.4 Å². The van der Waals surface area contributed by atoms with Gasteiger partial charge in [-0.1, -0.05) is 60.7 Å². The second-order valence-corrected chi connectivity index (χ2v) is 17.3. The SMILES string of the molecule is COc1cccc(C(NCC2CCN(CCOc3ccccc3F)CC2)(c2ccccn2)[C@](NCC2CCN(CCOc3ccccc3F)CC2)(c2cccc(OC)c2)c2ccccn2)c1. The first-order valence-electron chi connectivity index (χ1n) is 23.2. The van der Waals surface area contributed by atoms with Gasteiger partial charge in [-0.2, -0.15) is 0 Å². The van der Waals surface area contributed by atoms with E-state index in [1.54, 1.807) is 50.6 Å². The van der Waals surface area contributed by atoms with Crippen molar-refractivity contribution >= 4 is 0 Å². The molecule has 0 radical (unpaired) electrons. The molecule has 6 aromatic rings. The molecule has 4 aromatic carbocycles. The van der Waals surface area contributed by atoms with E-state index >= 15 is 0 Å². The summed E-state index contributed by atoms with van der Waals surface area (Å²) in [6.45, 7) is 7.24. The zero-order valence-electron chi connectivity index (χ0n) is 38.1.